The molecule has 3 heterocycles. The Balaban J connectivity index is 1.63. The van der Waals surface area contributed by atoms with Gasteiger partial charge in [0.05, 0.1) is 17.8 Å². The molecule has 1 aromatic carbocycles. The minimum absolute atomic E-state index is 0.181. The number of fused-ring (bicyclic) bond motifs is 3. The van der Waals surface area contributed by atoms with E-state index in [9.17, 15) is 9.59 Å². The van der Waals surface area contributed by atoms with Crippen LogP contribution in [0.1, 0.15) is 12.5 Å². The zero-order valence-electron chi connectivity index (χ0n) is 14.5. The molecule has 0 spiro atoms. The molecule has 1 fully saturated rings. The number of aromatic nitrogens is 1. The summed E-state index contributed by atoms with van der Waals surface area (Å²) in [6.45, 7) is 1.92. The van der Waals surface area contributed by atoms with E-state index < -0.39 is 12.2 Å². The summed E-state index contributed by atoms with van der Waals surface area (Å²) in [5, 5.41) is 11.7. The Bertz CT molecular complexity index is 968. The van der Waals surface area contributed by atoms with Crippen molar-refractivity contribution < 1.29 is 19.1 Å². The van der Waals surface area contributed by atoms with Crippen molar-refractivity contribution in [3.8, 4) is 22.9 Å². The van der Waals surface area contributed by atoms with E-state index in [4.69, 9.17) is 14.7 Å². The van der Waals surface area contributed by atoms with Crippen LogP contribution >= 0.6 is 0 Å². The first-order chi connectivity index (χ1) is 13.1. The van der Waals surface area contributed by atoms with Gasteiger partial charge in [-0.25, -0.2) is 4.79 Å². The van der Waals surface area contributed by atoms with Crippen molar-refractivity contribution in [1.82, 2.24) is 10.3 Å². The SMILES string of the molecule is CC(=O)NC[C@@H]1OC(=O)N2c3ccc(-c4cncc(C#N)c4)cc3OC[C@@H]12. The van der Waals surface area contributed by atoms with Crippen molar-refractivity contribution in [3.05, 3.63) is 42.2 Å². The molecule has 1 aromatic heterocycles. The number of rotatable bonds is 3. The Kier molecular flexibility index (Phi) is 4.12. The maximum atomic E-state index is 12.4. The number of carbonyl (C=O) groups is 2. The van der Waals surface area contributed by atoms with Gasteiger partial charge < -0.3 is 14.8 Å². The van der Waals surface area contributed by atoms with Crippen LogP contribution in [0.3, 0.4) is 0 Å². The fraction of sp³-hybridized carbons (Fsp3) is 0.263. The predicted molar refractivity (Wildman–Crippen MR) is 95.1 cm³/mol. The Morgan fingerprint density at radius 1 is 1.37 bits per heavy atom. The van der Waals surface area contributed by atoms with Gasteiger partial charge in [-0.3, -0.25) is 14.7 Å². The van der Waals surface area contributed by atoms with Crippen molar-refractivity contribution in [2.75, 3.05) is 18.1 Å². The number of pyridine rings is 1. The Morgan fingerprint density at radius 2 is 2.22 bits per heavy atom. The van der Waals surface area contributed by atoms with Gasteiger partial charge in [-0.1, -0.05) is 6.07 Å². The van der Waals surface area contributed by atoms with E-state index in [1.807, 2.05) is 12.1 Å². The van der Waals surface area contributed by atoms with Gasteiger partial charge in [0.25, 0.3) is 0 Å². The number of nitriles is 1. The van der Waals surface area contributed by atoms with Gasteiger partial charge in [0.15, 0.2) is 0 Å². The number of ether oxygens (including phenoxy) is 2. The summed E-state index contributed by atoms with van der Waals surface area (Å²) < 4.78 is 11.3. The Morgan fingerprint density at radius 3 is 3.00 bits per heavy atom. The number of hydrogen-bond donors (Lipinski definition) is 1. The summed E-state index contributed by atoms with van der Waals surface area (Å²) in [6.07, 6.45) is 2.24. The van der Waals surface area contributed by atoms with E-state index in [-0.39, 0.29) is 25.1 Å². The van der Waals surface area contributed by atoms with Crippen LogP contribution in [-0.2, 0) is 9.53 Å². The monoisotopic (exact) mass is 364 g/mol. The van der Waals surface area contributed by atoms with Crippen LogP contribution in [0.25, 0.3) is 11.1 Å². The first kappa shape index (κ1) is 16.8. The van der Waals surface area contributed by atoms with Crippen LogP contribution in [0.2, 0.25) is 0 Å². The van der Waals surface area contributed by atoms with Gasteiger partial charge in [-0.05, 0) is 23.8 Å². The van der Waals surface area contributed by atoms with E-state index in [1.54, 1.807) is 23.2 Å². The number of nitrogens with one attached hydrogen (secondary N) is 1. The van der Waals surface area contributed by atoms with Crippen LogP contribution in [0.5, 0.6) is 5.75 Å². The molecular weight excluding hydrogens is 348 g/mol. The standard InChI is InChI=1S/C19H16N4O4/c1-11(24)22-9-18-16-10-26-17-5-13(14-4-12(6-20)7-21-8-14)2-3-15(17)23(16)19(25)27-18/h2-5,7-8,16,18H,9-10H2,1H3,(H,22,24)/t16-,18-/m0/s1. The van der Waals surface area contributed by atoms with E-state index in [0.29, 0.717) is 17.0 Å². The molecule has 8 nitrogen and oxygen atoms in total. The lowest BCUT2D eigenvalue weighted by Gasteiger charge is -2.31. The lowest BCUT2D eigenvalue weighted by atomic mass is 10.0. The quantitative estimate of drug-likeness (QED) is 0.891. The summed E-state index contributed by atoms with van der Waals surface area (Å²) >= 11 is 0. The molecule has 2 atom stereocenters. The number of benzene rings is 1. The number of carbonyl (C=O) groups excluding carboxylic acids is 2. The molecule has 2 amide bonds. The first-order valence-corrected chi connectivity index (χ1v) is 8.43. The maximum Gasteiger partial charge on any atom is 0.415 e. The highest BCUT2D eigenvalue weighted by Crippen LogP contribution is 2.40. The Hall–Kier alpha value is -3.60. The topological polar surface area (TPSA) is 105 Å². The second kappa shape index (κ2) is 6.61. The van der Waals surface area contributed by atoms with Crippen molar-refractivity contribution in [1.29, 1.82) is 5.26 Å². The fourth-order valence-electron chi connectivity index (χ4n) is 3.29. The normalized spacial score (nSPS) is 20.0. The highest BCUT2D eigenvalue weighted by molar-refractivity contribution is 5.94. The van der Waals surface area contributed by atoms with Crippen molar-refractivity contribution >= 4 is 17.7 Å². The summed E-state index contributed by atoms with van der Waals surface area (Å²) in [4.78, 5) is 29.1. The van der Waals surface area contributed by atoms with Gasteiger partial charge in [-0.2, -0.15) is 5.26 Å². The Labute approximate surface area is 155 Å². The maximum absolute atomic E-state index is 12.4. The number of anilines is 1. The van der Waals surface area contributed by atoms with Gasteiger partial charge in [0.1, 0.15) is 30.6 Å². The minimum Gasteiger partial charge on any atom is -0.489 e. The molecule has 2 aliphatic rings. The van der Waals surface area contributed by atoms with Crippen molar-refractivity contribution in [2.45, 2.75) is 19.1 Å². The zero-order chi connectivity index (χ0) is 19.0. The number of amides is 2. The highest BCUT2D eigenvalue weighted by atomic mass is 16.6. The number of cyclic esters (lactones) is 1. The van der Waals surface area contributed by atoms with Gasteiger partial charge in [-0.15, -0.1) is 0 Å². The molecule has 136 valence electrons. The van der Waals surface area contributed by atoms with Gasteiger partial charge in [0.2, 0.25) is 5.91 Å². The molecule has 0 unspecified atom stereocenters. The smallest absolute Gasteiger partial charge is 0.415 e. The van der Waals surface area contributed by atoms with Crippen LogP contribution in [-0.4, -0.2) is 42.3 Å². The van der Waals surface area contributed by atoms with Crippen molar-refractivity contribution in [2.24, 2.45) is 0 Å². The largest absolute Gasteiger partial charge is 0.489 e. The van der Waals surface area contributed by atoms with E-state index in [0.717, 1.165) is 11.1 Å². The molecule has 1 saturated heterocycles. The van der Waals surface area contributed by atoms with E-state index in [2.05, 4.69) is 16.4 Å². The van der Waals surface area contributed by atoms with Gasteiger partial charge >= 0.3 is 6.09 Å². The highest BCUT2D eigenvalue weighted by Gasteiger charge is 2.46. The lowest BCUT2D eigenvalue weighted by Crippen LogP contribution is -2.47. The number of hydrogen-bond acceptors (Lipinski definition) is 6. The number of nitrogens with zero attached hydrogens (tertiary/aromatic N) is 3. The van der Waals surface area contributed by atoms with Crippen LogP contribution in [0.4, 0.5) is 10.5 Å². The molecule has 8 heteroatoms. The van der Waals surface area contributed by atoms with E-state index >= 15 is 0 Å². The summed E-state index contributed by atoms with van der Waals surface area (Å²) in [6, 6.07) is 8.96. The summed E-state index contributed by atoms with van der Waals surface area (Å²) in [7, 11) is 0. The molecule has 0 saturated carbocycles. The second-order valence-electron chi connectivity index (χ2n) is 6.36. The molecule has 0 bridgehead atoms. The van der Waals surface area contributed by atoms with E-state index in [1.165, 1.54) is 13.1 Å². The third-order valence-corrected chi connectivity index (χ3v) is 4.59. The summed E-state index contributed by atoms with van der Waals surface area (Å²) in [5.41, 5.74) is 2.71. The first-order valence-electron chi connectivity index (χ1n) is 8.43. The van der Waals surface area contributed by atoms with Gasteiger partial charge in [0, 0.05) is 24.9 Å². The van der Waals surface area contributed by atoms with Crippen LogP contribution in [0.15, 0.2) is 36.7 Å². The molecule has 2 aromatic rings. The fourth-order valence-corrected chi connectivity index (χ4v) is 3.29. The molecule has 27 heavy (non-hydrogen) atoms. The molecule has 0 radical (unpaired) electrons. The van der Waals surface area contributed by atoms with Crippen LogP contribution in [0, 0.1) is 11.3 Å². The molecular formula is C19H16N4O4. The third kappa shape index (κ3) is 3.04. The molecule has 2 aliphatic heterocycles. The lowest BCUT2D eigenvalue weighted by molar-refractivity contribution is -0.119. The summed E-state index contributed by atoms with van der Waals surface area (Å²) in [5.74, 6) is 0.378. The molecule has 1 N–H and O–H groups in total. The minimum atomic E-state index is -0.467. The average molecular weight is 364 g/mol. The van der Waals surface area contributed by atoms with Crippen molar-refractivity contribution in [3.63, 3.8) is 0 Å². The third-order valence-electron chi connectivity index (χ3n) is 4.59. The second-order valence-corrected chi connectivity index (χ2v) is 6.36. The molecule has 0 aliphatic carbocycles. The predicted octanol–water partition coefficient (Wildman–Crippen LogP) is 1.84. The average Bonchev–Trinajstić information content (AvgIpc) is 3.02. The van der Waals surface area contributed by atoms with Crippen LogP contribution < -0.4 is 15.0 Å². The molecule has 4 rings (SSSR count). The zero-order valence-corrected chi connectivity index (χ0v) is 14.5.